The van der Waals surface area contributed by atoms with Gasteiger partial charge in [0.15, 0.2) is 17.5 Å². The van der Waals surface area contributed by atoms with Gasteiger partial charge in [-0.05, 0) is 73.8 Å². The fraction of sp³-hybridized carbons (Fsp3) is 0.0625. The normalized spacial score (nSPS) is 12.7. The van der Waals surface area contributed by atoms with Crippen LogP contribution in [0.5, 0.6) is 0 Å². The number of rotatable bonds is 6. The van der Waals surface area contributed by atoms with Gasteiger partial charge < -0.3 is 0 Å². The molecule has 0 fully saturated rings. The molecule has 0 atom stereocenters. The first-order valence-corrected chi connectivity index (χ1v) is 17.4. The summed E-state index contributed by atoms with van der Waals surface area (Å²) in [7, 11) is 0. The van der Waals surface area contributed by atoms with Crippen LogP contribution >= 0.6 is 0 Å². The summed E-state index contributed by atoms with van der Waals surface area (Å²) < 4.78 is 0. The maximum absolute atomic E-state index is 4.96. The number of fused-ring (bicyclic) bond motifs is 3. The van der Waals surface area contributed by atoms with Crippen LogP contribution in [0.1, 0.15) is 25.0 Å². The van der Waals surface area contributed by atoms with Crippen LogP contribution in [-0.4, -0.2) is 15.0 Å². The molecule has 9 rings (SSSR count). The molecule has 1 aromatic heterocycles. The van der Waals surface area contributed by atoms with Crippen molar-refractivity contribution in [2.75, 3.05) is 0 Å². The van der Waals surface area contributed by atoms with Crippen molar-refractivity contribution in [2.24, 2.45) is 0 Å². The molecule has 0 saturated carbocycles. The Labute approximate surface area is 299 Å². The van der Waals surface area contributed by atoms with Crippen LogP contribution < -0.4 is 0 Å². The highest BCUT2D eigenvalue weighted by Gasteiger charge is 2.36. The average Bonchev–Trinajstić information content (AvgIpc) is 3.43. The molecule has 0 N–H and O–H groups in total. The fourth-order valence-electron chi connectivity index (χ4n) is 7.46. The molecule has 242 valence electrons. The van der Waals surface area contributed by atoms with Crippen molar-refractivity contribution < 1.29 is 0 Å². The topological polar surface area (TPSA) is 38.7 Å². The zero-order chi connectivity index (χ0) is 34.4. The third kappa shape index (κ3) is 5.53. The van der Waals surface area contributed by atoms with Gasteiger partial charge in [-0.2, -0.15) is 0 Å². The molecule has 0 amide bonds. The number of aromatic nitrogens is 3. The minimum atomic E-state index is -0.0773. The Balaban J connectivity index is 1.11. The van der Waals surface area contributed by atoms with Crippen molar-refractivity contribution in [3.63, 3.8) is 0 Å². The van der Waals surface area contributed by atoms with E-state index in [0.717, 1.165) is 27.8 Å². The summed E-state index contributed by atoms with van der Waals surface area (Å²) in [4.78, 5) is 14.8. The summed E-state index contributed by atoms with van der Waals surface area (Å²) in [6, 6.07) is 62.1. The second-order valence-corrected chi connectivity index (χ2v) is 13.7. The zero-order valence-electron chi connectivity index (χ0n) is 28.6. The fourth-order valence-corrected chi connectivity index (χ4v) is 7.46. The Morgan fingerprint density at radius 3 is 1.37 bits per heavy atom. The molecule has 3 nitrogen and oxygen atoms in total. The highest BCUT2D eigenvalue weighted by Crippen LogP contribution is 2.51. The molecule has 3 heteroatoms. The monoisotopic (exact) mass is 653 g/mol. The third-order valence-electron chi connectivity index (χ3n) is 10.2. The molecule has 0 aliphatic heterocycles. The van der Waals surface area contributed by atoms with Crippen molar-refractivity contribution in [3.8, 4) is 78.7 Å². The average molecular weight is 654 g/mol. The molecule has 51 heavy (non-hydrogen) atoms. The van der Waals surface area contributed by atoms with Crippen LogP contribution in [0.15, 0.2) is 176 Å². The SMILES string of the molecule is CC1(C)c2ccccc2-c2cc(-c3ccccc3)c(-c3ccc(-c4cccc(-c5nc(-c6ccccc6)nc(-c6ccccc6)n5)c4)cc3)cc21. The van der Waals surface area contributed by atoms with E-state index in [-0.39, 0.29) is 5.41 Å². The summed E-state index contributed by atoms with van der Waals surface area (Å²) in [6.45, 7) is 4.69. The summed E-state index contributed by atoms with van der Waals surface area (Å²) >= 11 is 0. The van der Waals surface area contributed by atoms with Crippen molar-refractivity contribution in [2.45, 2.75) is 19.3 Å². The second-order valence-electron chi connectivity index (χ2n) is 13.7. The highest BCUT2D eigenvalue weighted by atomic mass is 15.0. The Morgan fingerprint density at radius 2 is 0.745 bits per heavy atom. The predicted molar refractivity (Wildman–Crippen MR) is 210 cm³/mol. The van der Waals surface area contributed by atoms with E-state index in [2.05, 4.69) is 129 Å². The molecule has 1 aliphatic rings. The molecule has 7 aromatic carbocycles. The van der Waals surface area contributed by atoms with Crippen molar-refractivity contribution >= 4 is 0 Å². The minimum Gasteiger partial charge on any atom is -0.208 e. The van der Waals surface area contributed by atoms with Gasteiger partial charge >= 0.3 is 0 Å². The number of hydrogen-bond donors (Lipinski definition) is 0. The van der Waals surface area contributed by atoms with E-state index in [4.69, 9.17) is 15.0 Å². The van der Waals surface area contributed by atoms with Gasteiger partial charge in [0.1, 0.15) is 0 Å². The second kappa shape index (κ2) is 12.5. The van der Waals surface area contributed by atoms with Crippen LogP contribution in [0.2, 0.25) is 0 Å². The Hall–Kier alpha value is -6.45. The lowest BCUT2D eigenvalue weighted by Crippen LogP contribution is -2.15. The van der Waals surface area contributed by atoms with E-state index in [1.54, 1.807) is 0 Å². The maximum atomic E-state index is 4.96. The quantitative estimate of drug-likeness (QED) is 0.179. The summed E-state index contributed by atoms with van der Waals surface area (Å²) in [5, 5.41) is 0. The van der Waals surface area contributed by atoms with Gasteiger partial charge in [-0.3, -0.25) is 0 Å². The molecule has 0 unspecified atom stereocenters. The first kappa shape index (κ1) is 30.6. The third-order valence-corrected chi connectivity index (χ3v) is 10.2. The lowest BCUT2D eigenvalue weighted by Gasteiger charge is -2.23. The molecule has 8 aromatic rings. The van der Waals surface area contributed by atoms with Gasteiger partial charge in [0, 0.05) is 22.1 Å². The summed E-state index contributed by atoms with van der Waals surface area (Å²) in [5.74, 6) is 1.96. The first-order valence-electron chi connectivity index (χ1n) is 17.4. The van der Waals surface area contributed by atoms with E-state index in [9.17, 15) is 0 Å². The number of nitrogens with zero attached hydrogens (tertiary/aromatic N) is 3. The Kier molecular flexibility index (Phi) is 7.48. The van der Waals surface area contributed by atoms with E-state index in [0.29, 0.717) is 17.5 Å². The molecular formula is C48H35N3. The van der Waals surface area contributed by atoms with Crippen LogP contribution in [0.4, 0.5) is 0 Å². The molecule has 0 spiro atoms. The largest absolute Gasteiger partial charge is 0.208 e. The number of hydrogen-bond acceptors (Lipinski definition) is 3. The van der Waals surface area contributed by atoms with E-state index >= 15 is 0 Å². The predicted octanol–water partition coefficient (Wildman–Crippen LogP) is 12.2. The van der Waals surface area contributed by atoms with Crippen molar-refractivity contribution in [1.82, 2.24) is 15.0 Å². The van der Waals surface area contributed by atoms with Gasteiger partial charge in [-0.15, -0.1) is 0 Å². The van der Waals surface area contributed by atoms with Crippen LogP contribution in [-0.2, 0) is 5.41 Å². The number of benzene rings is 7. The lowest BCUT2D eigenvalue weighted by molar-refractivity contribution is 0.660. The van der Waals surface area contributed by atoms with Gasteiger partial charge in [-0.1, -0.05) is 172 Å². The summed E-state index contributed by atoms with van der Waals surface area (Å²) in [5.41, 5.74) is 15.3. The minimum absolute atomic E-state index is 0.0773. The van der Waals surface area contributed by atoms with E-state index in [1.807, 2.05) is 60.7 Å². The van der Waals surface area contributed by atoms with Crippen molar-refractivity contribution in [3.05, 3.63) is 187 Å². The van der Waals surface area contributed by atoms with Gasteiger partial charge in [0.05, 0.1) is 0 Å². The standard InChI is InChI=1S/C48H35N3/c1-48(2)43-24-13-12-23-39(43)42-30-40(33-15-6-3-7-16-33)41(31-44(42)48)34-27-25-32(26-28-34)37-21-14-22-38(29-37)47-50-45(35-17-8-4-9-18-35)49-46(51-47)36-19-10-5-11-20-36/h3-31H,1-2H3. The Bertz CT molecular complexity index is 2460. The molecule has 0 saturated heterocycles. The molecule has 1 aliphatic carbocycles. The van der Waals surface area contributed by atoms with Crippen LogP contribution in [0, 0.1) is 0 Å². The highest BCUT2D eigenvalue weighted by molar-refractivity contribution is 5.93. The summed E-state index contributed by atoms with van der Waals surface area (Å²) in [6.07, 6.45) is 0. The zero-order valence-corrected chi connectivity index (χ0v) is 28.6. The van der Waals surface area contributed by atoms with Gasteiger partial charge in [0.25, 0.3) is 0 Å². The molecule has 0 bridgehead atoms. The molecule has 0 radical (unpaired) electrons. The van der Waals surface area contributed by atoms with Crippen LogP contribution in [0.25, 0.3) is 78.7 Å². The molecule has 1 heterocycles. The van der Waals surface area contributed by atoms with Crippen molar-refractivity contribution in [1.29, 1.82) is 0 Å². The smallest absolute Gasteiger partial charge is 0.164 e. The lowest BCUT2D eigenvalue weighted by atomic mass is 9.80. The maximum Gasteiger partial charge on any atom is 0.164 e. The van der Waals surface area contributed by atoms with E-state index < -0.39 is 0 Å². The van der Waals surface area contributed by atoms with E-state index in [1.165, 1.54) is 44.5 Å². The Morgan fingerprint density at radius 1 is 0.294 bits per heavy atom. The first-order chi connectivity index (χ1) is 25.0. The van der Waals surface area contributed by atoms with Crippen LogP contribution in [0.3, 0.4) is 0 Å². The molecular weight excluding hydrogens is 619 g/mol. The van der Waals surface area contributed by atoms with Gasteiger partial charge in [-0.25, -0.2) is 15.0 Å². The van der Waals surface area contributed by atoms with Gasteiger partial charge in [0.2, 0.25) is 0 Å².